The number of aromatic nitrogens is 3. The second kappa shape index (κ2) is 6.96. The molecule has 0 unspecified atom stereocenters. The molecule has 7 heteroatoms. The molecule has 28 heavy (non-hydrogen) atoms. The molecule has 0 atom stereocenters. The fourth-order valence-corrected chi connectivity index (χ4v) is 4.23. The van der Waals surface area contributed by atoms with Gasteiger partial charge in [0.05, 0.1) is 23.8 Å². The van der Waals surface area contributed by atoms with Gasteiger partial charge in [-0.3, -0.25) is 14.0 Å². The molecule has 2 aliphatic rings. The van der Waals surface area contributed by atoms with Crippen LogP contribution >= 0.6 is 0 Å². The van der Waals surface area contributed by atoms with Crippen molar-refractivity contribution in [3.8, 4) is 0 Å². The van der Waals surface area contributed by atoms with E-state index in [1.807, 2.05) is 6.07 Å². The molecule has 0 radical (unpaired) electrons. The van der Waals surface area contributed by atoms with E-state index < -0.39 is 5.76 Å². The molecule has 1 aromatic carbocycles. The lowest BCUT2D eigenvalue weighted by molar-refractivity contribution is -0.121. The van der Waals surface area contributed by atoms with E-state index >= 15 is 0 Å². The van der Waals surface area contributed by atoms with Gasteiger partial charge in [-0.25, -0.2) is 4.79 Å². The van der Waals surface area contributed by atoms with Crippen molar-refractivity contribution in [2.24, 2.45) is 0 Å². The summed E-state index contributed by atoms with van der Waals surface area (Å²) in [5.41, 5.74) is 3.34. The Labute approximate surface area is 162 Å². The minimum absolute atomic E-state index is 0.0609. The molecule has 2 aliphatic carbocycles. The van der Waals surface area contributed by atoms with Crippen LogP contribution in [0.1, 0.15) is 61.9 Å². The molecule has 2 saturated carbocycles. The number of carbonyl (C=O) groups is 1. The molecule has 2 heterocycles. The maximum atomic E-state index is 12.4. The lowest BCUT2D eigenvalue weighted by Gasteiger charge is -2.13. The van der Waals surface area contributed by atoms with Crippen molar-refractivity contribution >= 4 is 17.0 Å². The first-order valence-corrected chi connectivity index (χ1v) is 10.1. The minimum atomic E-state index is -0.516. The second-order valence-electron chi connectivity index (χ2n) is 7.92. The van der Waals surface area contributed by atoms with Crippen LogP contribution in [0, 0.1) is 0 Å². The van der Waals surface area contributed by atoms with E-state index in [1.54, 1.807) is 18.2 Å². The number of nitrogens with one attached hydrogen (secondary N) is 1. The number of benzene rings is 1. The summed E-state index contributed by atoms with van der Waals surface area (Å²) in [5, 5.41) is 7.71. The number of fused-ring (bicyclic) bond motifs is 1. The van der Waals surface area contributed by atoms with E-state index in [4.69, 9.17) is 9.52 Å². The molecular formula is C21H24N4O3. The van der Waals surface area contributed by atoms with E-state index in [0.717, 1.165) is 5.69 Å². The van der Waals surface area contributed by atoms with Gasteiger partial charge in [-0.2, -0.15) is 5.10 Å². The highest BCUT2D eigenvalue weighted by atomic mass is 16.4. The maximum Gasteiger partial charge on any atom is 0.420 e. The van der Waals surface area contributed by atoms with Crippen molar-refractivity contribution in [3.05, 3.63) is 52.3 Å². The maximum absolute atomic E-state index is 12.4. The van der Waals surface area contributed by atoms with Gasteiger partial charge in [-0.15, -0.1) is 0 Å². The molecule has 1 amide bonds. The Morgan fingerprint density at radius 2 is 1.96 bits per heavy atom. The fourth-order valence-electron chi connectivity index (χ4n) is 4.23. The van der Waals surface area contributed by atoms with Crippen molar-refractivity contribution < 1.29 is 9.21 Å². The molecule has 1 N–H and O–H groups in total. The van der Waals surface area contributed by atoms with Gasteiger partial charge in [-0.1, -0.05) is 25.0 Å². The Hall–Kier alpha value is -2.83. The van der Waals surface area contributed by atoms with Crippen molar-refractivity contribution in [1.29, 1.82) is 0 Å². The number of oxazole rings is 1. The highest BCUT2D eigenvalue weighted by Crippen LogP contribution is 2.43. The summed E-state index contributed by atoms with van der Waals surface area (Å²) in [6.45, 7) is 0.317. The molecule has 146 valence electrons. The van der Waals surface area contributed by atoms with E-state index in [0.29, 0.717) is 29.6 Å². The predicted octanol–water partition coefficient (Wildman–Crippen LogP) is 3.10. The zero-order chi connectivity index (χ0) is 19.1. The third-order valence-corrected chi connectivity index (χ3v) is 5.82. The van der Waals surface area contributed by atoms with Gasteiger partial charge in [0.25, 0.3) is 0 Å². The molecular weight excluding hydrogens is 356 g/mol. The SMILES string of the molecule is O=C(Cn1c(=O)oc2ccccc21)NCc1cc(C2CC2)n(C2CCCC2)n1. The van der Waals surface area contributed by atoms with Crippen LogP contribution < -0.4 is 11.1 Å². The largest absolute Gasteiger partial charge is 0.420 e. The average molecular weight is 380 g/mol. The molecule has 0 bridgehead atoms. The van der Waals surface area contributed by atoms with Gasteiger partial charge in [-0.05, 0) is 43.9 Å². The summed E-state index contributed by atoms with van der Waals surface area (Å²) in [4.78, 5) is 24.5. The normalized spacial score (nSPS) is 17.4. The first-order chi connectivity index (χ1) is 13.7. The lowest BCUT2D eigenvalue weighted by atomic mass is 10.2. The molecule has 0 saturated heterocycles. The molecule has 7 nitrogen and oxygen atoms in total. The van der Waals surface area contributed by atoms with Gasteiger partial charge in [0.15, 0.2) is 5.58 Å². The van der Waals surface area contributed by atoms with Crippen molar-refractivity contribution in [1.82, 2.24) is 19.7 Å². The van der Waals surface area contributed by atoms with Crippen molar-refractivity contribution in [3.63, 3.8) is 0 Å². The summed E-state index contributed by atoms with van der Waals surface area (Å²) >= 11 is 0. The Bertz CT molecular complexity index is 1070. The van der Waals surface area contributed by atoms with Crippen LogP contribution in [0.3, 0.4) is 0 Å². The van der Waals surface area contributed by atoms with Gasteiger partial charge in [0.2, 0.25) is 5.91 Å². The third kappa shape index (κ3) is 3.25. The zero-order valence-corrected chi connectivity index (χ0v) is 15.8. The van der Waals surface area contributed by atoms with E-state index in [1.165, 1.54) is 48.8 Å². The van der Waals surface area contributed by atoms with Gasteiger partial charge >= 0.3 is 5.76 Å². The van der Waals surface area contributed by atoms with Crippen LogP contribution in [0.2, 0.25) is 0 Å². The molecule has 0 spiro atoms. The average Bonchev–Trinajstić information content (AvgIpc) is 3.12. The summed E-state index contributed by atoms with van der Waals surface area (Å²) < 4.78 is 8.76. The second-order valence-corrected chi connectivity index (χ2v) is 7.92. The van der Waals surface area contributed by atoms with Gasteiger partial charge in [0, 0.05) is 11.6 Å². The van der Waals surface area contributed by atoms with Crippen LogP contribution in [0.4, 0.5) is 0 Å². The first-order valence-electron chi connectivity index (χ1n) is 10.1. The summed E-state index contributed by atoms with van der Waals surface area (Å²) in [6.07, 6.45) is 7.41. The van der Waals surface area contributed by atoms with Crippen molar-refractivity contribution in [2.75, 3.05) is 0 Å². The molecule has 2 fully saturated rings. The molecule has 0 aliphatic heterocycles. The zero-order valence-electron chi connectivity index (χ0n) is 15.8. The fraction of sp³-hybridized carbons (Fsp3) is 0.476. The topological polar surface area (TPSA) is 82.1 Å². The molecule has 3 aromatic rings. The Morgan fingerprint density at radius 1 is 1.18 bits per heavy atom. The van der Waals surface area contributed by atoms with E-state index in [-0.39, 0.29) is 12.5 Å². The van der Waals surface area contributed by atoms with Crippen LogP contribution in [0.5, 0.6) is 0 Å². The standard InChI is InChI=1S/C21H24N4O3/c26-20(13-24-17-7-3-4-8-19(17)28-21(24)27)22-12-15-11-18(14-9-10-14)25(23-15)16-5-1-2-6-16/h3-4,7-8,11,14,16H,1-2,5-6,9-10,12-13H2,(H,22,26). The molecule has 5 rings (SSSR count). The first kappa shape index (κ1) is 17.3. The number of hydrogen-bond donors (Lipinski definition) is 1. The Balaban J connectivity index is 1.28. The Morgan fingerprint density at radius 3 is 2.75 bits per heavy atom. The monoisotopic (exact) mass is 380 g/mol. The van der Waals surface area contributed by atoms with Gasteiger partial charge in [0.1, 0.15) is 6.54 Å². The summed E-state index contributed by atoms with van der Waals surface area (Å²) in [5.74, 6) is -0.108. The molecule has 2 aromatic heterocycles. The smallest absolute Gasteiger partial charge is 0.408 e. The highest BCUT2D eigenvalue weighted by molar-refractivity contribution is 5.79. The predicted molar refractivity (Wildman–Crippen MR) is 104 cm³/mol. The minimum Gasteiger partial charge on any atom is -0.408 e. The van der Waals surface area contributed by atoms with Gasteiger partial charge < -0.3 is 9.73 Å². The summed E-state index contributed by atoms with van der Waals surface area (Å²) in [6, 6.07) is 9.78. The number of hydrogen-bond acceptors (Lipinski definition) is 4. The Kier molecular flexibility index (Phi) is 4.30. The van der Waals surface area contributed by atoms with E-state index in [9.17, 15) is 9.59 Å². The lowest BCUT2D eigenvalue weighted by Crippen LogP contribution is -2.30. The van der Waals surface area contributed by atoms with Crippen LogP contribution in [-0.2, 0) is 17.9 Å². The van der Waals surface area contributed by atoms with E-state index in [2.05, 4.69) is 16.1 Å². The summed E-state index contributed by atoms with van der Waals surface area (Å²) in [7, 11) is 0. The number of nitrogens with zero attached hydrogens (tertiary/aromatic N) is 3. The van der Waals surface area contributed by atoms with Crippen LogP contribution in [0.15, 0.2) is 39.5 Å². The van der Waals surface area contributed by atoms with Crippen LogP contribution in [0.25, 0.3) is 11.1 Å². The third-order valence-electron chi connectivity index (χ3n) is 5.82. The number of carbonyl (C=O) groups excluding carboxylic acids is 1. The number of para-hydroxylation sites is 2. The number of rotatable bonds is 6. The number of amides is 1. The van der Waals surface area contributed by atoms with Crippen molar-refractivity contribution in [2.45, 2.75) is 63.6 Å². The quantitative estimate of drug-likeness (QED) is 0.712. The highest BCUT2D eigenvalue weighted by Gasteiger charge is 2.31. The van der Waals surface area contributed by atoms with Crippen LogP contribution in [-0.4, -0.2) is 20.3 Å².